The molecule has 1 atom stereocenters. The first-order chi connectivity index (χ1) is 26.6. The maximum Gasteiger partial charge on any atom is 0.303 e. The lowest BCUT2D eigenvalue weighted by Gasteiger charge is -2.27. The van der Waals surface area contributed by atoms with E-state index in [-0.39, 0.29) is 29.7 Å². The molecule has 6 rings (SSSR count). The number of benzene rings is 3. The van der Waals surface area contributed by atoms with E-state index in [1.165, 1.54) is 51.2 Å². The van der Waals surface area contributed by atoms with Crippen LogP contribution < -0.4 is 4.90 Å². The summed E-state index contributed by atoms with van der Waals surface area (Å²) in [4.78, 5) is 13.1. The van der Waals surface area contributed by atoms with Crippen LogP contribution in [0.4, 0.5) is 11.4 Å². The Bertz CT molecular complexity index is 2430. The van der Waals surface area contributed by atoms with Crippen molar-refractivity contribution in [2.24, 2.45) is 0 Å². The van der Waals surface area contributed by atoms with Crippen molar-refractivity contribution in [3.8, 4) is 11.1 Å². The molecule has 1 unspecified atom stereocenters. The minimum absolute atomic E-state index is 0.136. The highest BCUT2D eigenvalue weighted by Crippen LogP contribution is 2.55. The van der Waals surface area contributed by atoms with Crippen LogP contribution >= 0.6 is 0 Å². The zero-order valence-electron chi connectivity index (χ0n) is 34.2. The molecule has 2 aliphatic heterocycles. The molecule has 0 aromatic heterocycles. The lowest BCUT2D eigenvalue weighted by Crippen LogP contribution is -2.31. The van der Waals surface area contributed by atoms with E-state index >= 15 is 0 Å². The van der Waals surface area contributed by atoms with Crippen molar-refractivity contribution >= 4 is 43.3 Å². The number of hydrogen-bond acceptors (Lipinski definition) is 6. The predicted molar refractivity (Wildman–Crippen MR) is 226 cm³/mol. The van der Waals surface area contributed by atoms with Crippen LogP contribution in [0, 0.1) is 6.92 Å². The summed E-state index contributed by atoms with van der Waals surface area (Å²) in [6.07, 6.45) is 11.5. The summed E-state index contributed by atoms with van der Waals surface area (Å²) in [5.74, 6) is -1.21. The second-order valence-corrected chi connectivity index (χ2v) is 20.2. The Morgan fingerprint density at radius 1 is 0.807 bits per heavy atom. The fraction of sp³-hybridized carbons (Fsp3) is 0.467. The summed E-state index contributed by atoms with van der Waals surface area (Å²) >= 11 is 0. The minimum Gasteiger partial charge on any atom is -0.481 e. The molecule has 3 aromatic carbocycles. The predicted octanol–water partition coefficient (Wildman–Crippen LogP) is 9.26. The zero-order chi connectivity index (χ0) is 41.7. The van der Waals surface area contributed by atoms with Crippen molar-refractivity contribution in [2.75, 3.05) is 23.7 Å². The van der Waals surface area contributed by atoms with Gasteiger partial charge in [-0.1, -0.05) is 83.7 Å². The molecule has 3 aromatic rings. The molecule has 0 saturated heterocycles. The SMILES string of the molecule is CCCC[N+]1=C(/C=C/C=C2\N(CCCS(=O)(=O)O)c3ccc(S(=O)(=O)O)cc3C2(C)C)C(C)(CCCCCC(=O)O)c2cc3c(cc21)C(C)(C)c1cc(C)ccc1-3. The van der Waals surface area contributed by atoms with Gasteiger partial charge in [-0.25, -0.2) is 0 Å². The summed E-state index contributed by atoms with van der Waals surface area (Å²) in [5, 5.41) is 9.32. The van der Waals surface area contributed by atoms with Gasteiger partial charge in [-0.05, 0) is 91.3 Å². The first-order valence-corrected chi connectivity index (χ1v) is 23.1. The number of fused-ring (bicyclic) bond motifs is 5. The molecular formula is C45H57N2O8S2+. The lowest BCUT2D eigenvalue weighted by molar-refractivity contribution is -0.438. The number of rotatable bonds is 16. The molecule has 0 fully saturated rings. The largest absolute Gasteiger partial charge is 0.481 e. The minimum atomic E-state index is -4.47. The van der Waals surface area contributed by atoms with Gasteiger partial charge in [0, 0.05) is 59.3 Å². The van der Waals surface area contributed by atoms with E-state index in [1.54, 1.807) is 6.07 Å². The highest BCUT2D eigenvalue weighted by molar-refractivity contribution is 7.86. The van der Waals surface area contributed by atoms with E-state index in [0.29, 0.717) is 17.7 Å². The molecule has 306 valence electrons. The van der Waals surface area contributed by atoms with Gasteiger partial charge >= 0.3 is 5.97 Å². The number of carboxylic acid groups (broad SMARTS) is 1. The molecule has 2 heterocycles. The third-order valence-corrected chi connectivity index (χ3v) is 14.1. The molecule has 0 amide bonds. The molecule has 12 heteroatoms. The number of aliphatic carboxylic acids is 1. The summed E-state index contributed by atoms with van der Waals surface area (Å²) in [6.45, 7) is 16.2. The van der Waals surface area contributed by atoms with E-state index in [9.17, 15) is 35.8 Å². The zero-order valence-corrected chi connectivity index (χ0v) is 35.9. The second kappa shape index (κ2) is 15.6. The Morgan fingerprint density at radius 3 is 2.19 bits per heavy atom. The first kappa shape index (κ1) is 42.5. The van der Waals surface area contributed by atoms with Crippen molar-refractivity contribution in [1.82, 2.24) is 0 Å². The molecular weight excluding hydrogens is 761 g/mol. The Labute approximate surface area is 338 Å². The topological polar surface area (TPSA) is 152 Å². The quantitative estimate of drug-likeness (QED) is 0.0730. The van der Waals surface area contributed by atoms with E-state index in [2.05, 4.69) is 75.6 Å². The average molecular weight is 818 g/mol. The van der Waals surface area contributed by atoms with Gasteiger partial charge in [-0.3, -0.25) is 13.9 Å². The van der Waals surface area contributed by atoms with E-state index in [0.717, 1.165) is 50.1 Å². The number of carboxylic acids is 1. The summed E-state index contributed by atoms with van der Waals surface area (Å²) in [7, 11) is -8.68. The van der Waals surface area contributed by atoms with Crippen LogP contribution in [0.5, 0.6) is 0 Å². The molecule has 0 radical (unpaired) electrons. The first-order valence-electron chi connectivity index (χ1n) is 20.0. The molecule has 10 nitrogen and oxygen atoms in total. The monoisotopic (exact) mass is 817 g/mol. The van der Waals surface area contributed by atoms with Crippen molar-refractivity contribution in [3.05, 3.63) is 100 Å². The van der Waals surface area contributed by atoms with Gasteiger partial charge in [-0.2, -0.15) is 21.4 Å². The van der Waals surface area contributed by atoms with Crippen molar-refractivity contribution in [1.29, 1.82) is 0 Å². The molecule has 0 saturated carbocycles. The van der Waals surface area contributed by atoms with Gasteiger partial charge in [0.1, 0.15) is 6.54 Å². The van der Waals surface area contributed by atoms with Gasteiger partial charge < -0.3 is 10.0 Å². The Morgan fingerprint density at radius 2 is 1.53 bits per heavy atom. The van der Waals surface area contributed by atoms with E-state index in [4.69, 9.17) is 0 Å². The fourth-order valence-corrected chi connectivity index (χ4v) is 10.3. The van der Waals surface area contributed by atoms with Crippen LogP contribution in [-0.2, 0) is 41.3 Å². The maximum atomic E-state index is 12.2. The van der Waals surface area contributed by atoms with E-state index in [1.807, 2.05) is 30.9 Å². The standard InChI is InChI=1S/C45H56N2O8S2/c1-8-9-23-47-39-29-35-33(32-20-18-30(2)26-34(32)43(35,3)4)28-37(39)45(7,22-12-10-11-17-42(48)49)41(47)16-13-15-40-44(5,6)36-27-31(57(53,54)55)19-21-38(36)46(40)24-14-25-56(50,51)52/h13,15-16,18-21,26-29H,8-12,14,17,22-25H2,1-7H3,(H2-,48,49,50,51,52,53,54,55)/p+1. The smallest absolute Gasteiger partial charge is 0.303 e. The number of allylic oxidation sites excluding steroid dienone is 4. The Kier molecular flexibility index (Phi) is 11.6. The number of nitrogens with zero attached hydrogens (tertiary/aromatic N) is 2. The fourth-order valence-electron chi connectivity index (χ4n) is 9.33. The average Bonchev–Trinajstić information content (AvgIpc) is 3.57. The summed E-state index contributed by atoms with van der Waals surface area (Å²) in [5.41, 5.74) is 10.8. The highest BCUT2D eigenvalue weighted by Gasteiger charge is 2.50. The van der Waals surface area contributed by atoms with Gasteiger partial charge in [0.15, 0.2) is 5.71 Å². The Balaban J connectivity index is 1.48. The number of aryl methyl sites for hydroxylation is 1. The number of hydrogen-bond donors (Lipinski definition) is 3. The van der Waals surface area contributed by atoms with Crippen LogP contribution in [0.15, 0.2) is 77.4 Å². The van der Waals surface area contributed by atoms with Gasteiger partial charge in [0.05, 0.1) is 16.1 Å². The van der Waals surface area contributed by atoms with Crippen LogP contribution in [0.2, 0.25) is 0 Å². The number of carbonyl (C=O) groups is 1. The number of anilines is 1. The van der Waals surface area contributed by atoms with Crippen LogP contribution in [0.3, 0.4) is 0 Å². The molecule has 0 bridgehead atoms. The number of unbranched alkanes of at least 4 members (excludes halogenated alkanes) is 3. The van der Waals surface area contributed by atoms with E-state index < -0.39 is 42.8 Å². The van der Waals surface area contributed by atoms with Gasteiger partial charge in [0.2, 0.25) is 5.69 Å². The van der Waals surface area contributed by atoms with Crippen molar-refractivity contribution in [2.45, 2.75) is 121 Å². The van der Waals surface area contributed by atoms with Crippen LogP contribution in [0.1, 0.15) is 121 Å². The Hall–Kier alpha value is -4.10. The normalized spacial score (nSPS) is 20.0. The third-order valence-electron chi connectivity index (χ3n) is 12.4. The van der Waals surface area contributed by atoms with Crippen LogP contribution in [0.25, 0.3) is 11.1 Å². The van der Waals surface area contributed by atoms with Crippen molar-refractivity contribution in [3.63, 3.8) is 0 Å². The lowest BCUT2D eigenvalue weighted by atomic mass is 9.73. The second-order valence-electron chi connectivity index (χ2n) is 17.2. The van der Waals surface area contributed by atoms with Crippen LogP contribution in [-0.4, -0.2) is 66.1 Å². The molecule has 1 aliphatic carbocycles. The highest BCUT2D eigenvalue weighted by atomic mass is 32.2. The molecule has 3 N–H and O–H groups in total. The summed E-state index contributed by atoms with van der Waals surface area (Å²) in [6, 6.07) is 16.0. The summed E-state index contributed by atoms with van der Waals surface area (Å²) < 4.78 is 69.6. The molecule has 0 spiro atoms. The van der Waals surface area contributed by atoms with Gasteiger partial charge in [-0.15, -0.1) is 0 Å². The molecule has 3 aliphatic rings. The maximum absolute atomic E-state index is 12.2. The third kappa shape index (κ3) is 8.15. The molecule has 57 heavy (non-hydrogen) atoms. The van der Waals surface area contributed by atoms with Gasteiger partial charge in [0.25, 0.3) is 20.2 Å². The van der Waals surface area contributed by atoms with Crippen molar-refractivity contribution < 1.29 is 40.4 Å².